The molecule has 0 atom stereocenters. The topological polar surface area (TPSA) is 27.7 Å². The first-order chi connectivity index (χ1) is 4.35. The van der Waals surface area contributed by atoms with E-state index in [4.69, 9.17) is 12.3 Å². The predicted molar refractivity (Wildman–Crippen MR) is 36.3 cm³/mol. The second-order valence-corrected chi connectivity index (χ2v) is 3.57. The van der Waals surface area contributed by atoms with Gasteiger partial charge in [-0.3, -0.25) is 0 Å². The highest BCUT2D eigenvalue weighted by Gasteiger charge is 2.22. The molecule has 9 heavy (non-hydrogen) atoms. The van der Waals surface area contributed by atoms with E-state index in [9.17, 15) is 0 Å². The molecule has 3 nitrogen and oxygen atoms in total. The summed E-state index contributed by atoms with van der Waals surface area (Å²) in [6.07, 6.45) is 0. The molecule has 0 aliphatic carbocycles. The monoisotopic (exact) mass is 148 g/mol. The summed E-state index contributed by atoms with van der Waals surface area (Å²) in [5, 5.41) is 0. The third kappa shape index (κ3) is 4.89. The van der Waals surface area contributed by atoms with Gasteiger partial charge in [-0.25, -0.2) is 0 Å². The van der Waals surface area contributed by atoms with Crippen LogP contribution in [0.2, 0.25) is 0 Å². The first kappa shape index (κ1) is 9.41. The molecule has 0 heterocycles. The lowest BCUT2D eigenvalue weighted by Gasteiger charge is -2.06. The van der Waals surface area contributed by atoms with E-state index in [1.807, 2.05) is 6.92 Å². The molecule has 0 bridgehead atoms. The molecular formula is C5H13AlO3. The molecule has 0 saturated carbocycles. The van der Waals surface area contributed by atoms with E-state index in [0.717, 1.165) is 0 Å². The first-order valence-corrected chi connectivity index (χ1v) is 4.74. The van der Waals surface area contributed by atoms with Gasteiger partial charge in [0.1, 0.15) is 0 Å². The van der Waals surface area contributed by atoms with E-state index in [-0.39, 0.29) is 0 Å². The van der Waals surface area contributed by atoms with Gasteiger partial charge in [-0.2, -0.15) is 0 Å². The molecule has 0 rings (SSSR count). The van der Waals surface area contributed by atoms with E-state index in [2.05, 4.69) is 0 Å². The maximum absolute atomic E-state index is 5.22. The van der Waals surface area contributed by atoms with Crippen molar-refractivity contribution >= 4 is 14.8 Å². The van der Waals surface area contributed by atoms with Crippen molar-refractivity contribution in [3.63, 3.8) is 0 Å². The Bertz CT molecular complexity index is 54.2. The standard InChI is InChI=1S/2C2H5O.CH3O.Al/c1-3-2;1-2-3;1-2;/h1H2,2H3;2H2,1H3;1H3;/q;2*-1;+2. The van der Waals surface area contributed by atoms with Gasteiger partial charge in [0.05, 0.1) is 5.47 Å². The molecule has 4 heteroatoms. The molecule has 0 unspecified atom stereocenters. The third-order valence-electron chi connectivity index (χ3n) is 0.918. The van der Waals surface area contributed by atoms with Gasteiger partial charge in [0.15, 0.2) is 0 Å². The Morgan fingerprint density at radius 2 is 2.00 bits per heavy atom. The second kappa shape index (κ2) is 6.53. The van der Waals surface area contributed by atoms with Gasteiger partial charge in [-0.15, -0.1) is 0 Å². The van der Waals surface area contributed by atoms with Crippen molar-refractivity contribution in [2.45, 2.75) is 6.92 Å². The number of hydrogen-bond donors (Lipinski definition) is 0. The molecule has 0 radical (unpaired) electrons. The van der Waals surface area contributed by atoms with Crippen molar-refractivity contribution in [3.05, 3.63) is 0 Å². The van der Waals surface area contributed by atoms with Crippen LogP contribution in [0.25, 0.3) is 0 Å². The smallest absolute Gasteiger partial charge is 0.480 e. The van der Waals surface area contributed by atoms with Crippen molar-refractivity contribution in [2.24, 2.45) is 0 Å². The van der Waals surface area contributed by atoms with Crippen LogP contribution in [0.5, 0.6) is 0 Å². The summed E-state index contributed by atoms with van der Waals surface area (Å²) in [5.74, 6) is 0. The minimum atomic E-state index is -1.44. The summed E-state index contributed by atoms with van der Waals surface area (Å²) >= 11 is -1.44. The van der Waals surface area contributed by atoms with Gasteiger partial charge in [0.2, 0.25) is 0 Å². The van der Waals surface area contributed by atoms with Crippen molar-refractivity contribution in [1.82, 2.24) is 0 Å². The van der Waals surface area contributed by atoms with Crippen LogP contribution in [-0.4, -0.2) is 41.1 Å². The quantitative estimate of drug-likeness (QED) is 0.526. The van der Waals surface area contributed by atoms with E-state index in [1.54, 1.807) is 14.2 Å². The van der Waals surface area contributed by atoms with Gasteiger partial charge in [-0.05, 0) is 6.92 Å². The maximum atomic E-state index is 5.22. The van der Waals surface area contributed by atoms with Crippen LogP contribution in [0.4, 0.5) is 0 Å². The maximum Gasteiger partial charge on any atom is 0.703 e. The Balaban J connectivity index is 3.18. The fourth-order valence-electron chi connectivity index (χ4n) is 0.506. The molecule has 0 aliphatic rings. The van der Waals surface area contributed by atoms with Crippen molar-refractivity contribution in [1.29, 1.82) is 0 Å². The lowest BCUT2D eigenvalue weighted by molar-refractivity contribution is 0.171. The molecule has 0 spiro atoms. The number of methoxy groups -OCH3 is 1. The Kier molecular flexibility index (Phi) is 6.83. The first-order valence-electron chi connectivity index (χ1n) is 2.98. The summed E-state index contributed by atoms with van der Waals surface area (Å²) in [5.41, 5.74) is 0.629. The van der Waals surface area contributed by atoms with Gasteiger partial charge in [0, 0.05) is 20.8 Å². The molecule has 0 N–H and O–H groups in total. The molecule has 0 aromatic rings. The zero-order valence-corrected chi connectivity index (χ0v) is 7.37. The molecule has 0 aromatic heterocycles. The largest absolute Gasteiger partial charge is 0.703 e. The van der Waals surface area contributed by atoms with E-state index >= 15 is 0 Å². The molecule has 0 aromatic carbocycles. The lowest BCUT2D eigenvalue weighted by atomic mass is 10.9. The Hall–Kier alpha value is 0.412. The van der Waals surface area contributed by atoms with E-state index in [0.29, 0.717) is 12.1 Å². The van der Waals surface area contributed by atoms with Crippen LogP contribution in [0.1, 0.15) is 6.92 Å². The van der Waals surface area contributed by atoms with Crippen LogP contribution in [-0.2, 0) is 12.3 Å². The summed E-state index contributed by atoms with van der Waals surface area (Å²) in [7, 11) is 3.31. The zero-order chi connectivity index (χ0) is 7.11. The highest BCUT2D eigenvalue weighted by atomic mass is 27.2. The van der Waals surface area contributed by atoms with E-state index in [1.165, 1.54) is 0 Å². The fraction of sp³-hybridized carbons (Fsp3) is 1.00. The highest BCUT2D eigenvalue weighted by Crippen LogP contribution is 1.86. The third-order valence-corrected chi connectivity index (χ3v) is 2.75. The molecule has 54 valence electrons. The van der Waals surface area contributed by atoms with Crippen LogP contribution in [0.15, 0.2) is 0 Å². The van der Waals surface area contributed by atoms with Gasteiger partial charge in [-0.1, -0.05) is 0 Å². The number of hydrogen-bond acceptors (Lipinski definition) is 3. The molecule has 0 amide bonds. The molecule has 0 aliphatic heterocycles. The Labute approximate surface area is 61.0 Å². The van der Waals surface area contributed by atoms with Gasteiger partial charge >= 0.3 is 14.8 Å². The number of rotatable bonds is 5. The minimum Gasteiger partial charge on any atom is -0.480 e. The second-order valence-electron chi connectivity index (χ2n) is 1.58. The summed E-state index contributed by atoms with van der Waals surface area (Å²) in [4.78, 5) is 0. The number of ether oxygens (including phenoxy) is 1. The average Bonchev–Trinajstić information content (AvgIpc) is 1.88. The zero-order valence-electron chi connectivity index (χ0n) is 6.22. The van der Waals surface area contributed by atoms with Gasteiger partial charge in [0.25, 0.3) is 0 Å². The SMILES string of the molecule is CC[O][Al]([CH2]OC)[O]C. The molecule has 0 saturated heterocycles. The van der Waals surface area contributed by atoms with Crippen molar-refractivity contribution in [2.75, 3.05) is 26.3 Å². The predicted octanol–water partition coefficient (Wildman–Crippen LogP) is 0.343. The summed E-state index contributed by atoms with van der Waals surface area (Å²) in [6, 6.07) is 0. The minimum absolute atomic E-state index is 0.629. The summed E-state index contributed by atoms with van der Waals surface area (Å²) < 4.78 is 15.1. The van der Waals surface area contributed by atoms with Gasteiger partial charge < -0.3 is 12.3 Å². The highest BCUT2D eigenvalue weighted by molar-refractivity contribution is 6.44. The fourth-order valence-corrected chi connectivity index (χ4v) is 1.52. The van der Waals surface area contributed by atoms with Crippen molar-refractivity contribution < 1.29 is 12.3 Å². The normalized spacial score (nSPS) is 9.67. The lowest BCUT2D eigenvalue weighted by Crippen LogP contribution is -2.27. The van der Waals surface area contributed by atoms with Crippen molar-refractivity contribution in [3.8, 4) is 0 Å². The van der Waals surface area contributed by atoms with Crippen LogP contribution in [0, 0.1) is 0 Å². The van der Waals surface area contributed by atoms with E-state index < -0.39 is 14.8 Å². The average molecular weight is 148 g/mol. The van der Waals surface area contributed by atoms with Crippen LogP contribution >= 0.6 is 0 Å². The summed E-state index contributed by atoms with van der Waals surface area (Å²) in [6.45, 7) is 2.67. The molecule has 0 fully saturated rings. The van der Waals surface area contributed by atoms with Crippen LogP contribution in [0.3, 0.4) is 0 Å². The molecular weight excluding hydrogens is 135 g/mol. The Morgan fingerprint density at radius 1 is 1.33 bits per heavy atom. The Morgan fingerprint density at radius 3 is 2.33 bits per heavy atom. The van der Waals surface area contributed by atoms with Crippen LogP contribution < -0.4 is 0 Å².